The Labute approximate surface area is 108 Å². The van der Waals surface area contributed by atoms with Gasteiger partial charge in [-0.3, -0.25) is 9.48 Å². The fraction of sp³-hybridized carbons (Fsp3) is 0.750. The predicted octanol–water partition coefficient (Wildman–Crippen LogP) is 0.442. The van der Waals surface area contributed by atoms with Gasteiger partial charge in [0.1, 0.15) is 6.33 Å². The maximum absolute atomic E-state index is 12.0. The summed E-state index contributed by atoms with van der Waals surface area (Å²) in [5.41, 5.74) is 5.75. The van der Waals surface area contributed by atoms with E-state index in [-0.39, 0.29) is 17.2 Å². The molecule has 0 spiro atoms. The zero-order valence-corrected chi connectivity index (χ0v) is 11.6. The summed E-state index contributed by atoms with van der Waals surface area (Å²) < 4.78 is 1.61. The van der Waals surface area contributed by atoms with Crippen LogP contribution in [0, 0.1) is 11.3 Å². The third-order valence-electron chi connectivity index (χ3n) is 2.58. The number of hydrogen-bond donors (Lipinski definition) is 2. The Balaban J connectivity index is 2.47. The highest BCUT2D eigenvalue weighted by atomic mass is 16.1. The van der Waals surface area contributed by atoms with E-state index in [1.54, 1.807) is 18.1 Å². The minimum absolute atomic E-state index is 0.0279. The molecule has 0 radical (unpaired) electrons. The third-order valence-corrected chi connectivity index (χ3v) is 2.58. The van der Waals surface area contributed by atoms with Crippen LogP contribution >= 0.6 is 0 Å². The number of rotatable bonds is 5. The van der Waals surface area contributed by atoms with Crippen LogP contribution in [0.3, 0.4) is 0 Å². The molecule has 6 heteroatoms. The van der Waals surface area contributed by atoms with E-state index in [0.29, 0.717) is 18.9 Å². The van der Waals surface area contributed by atoms with Crippen molar-refractivity contribution < 1.29 is 4.79 Å². The molecule has 1 aromatic rings. The number of carbonyl (C=O) groups excluding carboxylic acids is 1. The third kappa shape index (κ3) is 4.83. The Kier molecular flexibility index (Phi) is 4.84. The summed E-state index contributed by atoms with van der Waals surface area (Å²) in [6.07, 6.45) is 2.38. The van der Waals surface area contributed by atoms with Gasteiger partial charge in [-0.1, -0.05) is 20.8 Å². The standard InChI is InChI=1S/C12H23N5O/c1-12(2,3)5-9(6-13)11(18)14-7-10-15-8-17(4)16-10/h8-9H,5-7,13H2,1-4H3,(H,14,18). The largest absolute Gasteiger partial charge is 0.348 e. The smallest absolute Gasteiger partial charge is 0.224 e. The molecule has 1 rings (SSSR count). The van der Waals surface area contributed by atoms with E-state index in [4.69, 9.17) is 5.73 Å². The van der Waals surface area contributed by atoms with Gasteiger partial charge in [-0.15, -0.1) is 0 Å². The molecular weight excluding hydrogens is 230 g/mol. The van der Waals surface area contributed by atoms with E-state index in [9.17, 15) is 4.79 Å². The van der Waals surface area contributed by atoms with Crippen molar-refractivity contribution in [3.8, 4) is 0 Å². The summed E-state index contributed by atoms with van der Waals surface area (Å²) in [5, 5.41) is 6.93. The topological polar surface area (TPSA) is 85.8 Å². The van der Waals surface area contributed by atoms with Crippen LogP contribution in [0.15, 0.2) is 6.33 Å². The maximum Gasteiger partial charge on any atom is 0.224 e. The zero-order valence-electron chi connectivity index (χ0n) is 11.6. The van der Waals surface area contributed by atoms with Gasteiger partial charge in [0.2, 0.25) is 5.91 Å². The lowest BCUT2D eigenvalue weighted by Crippen LogP contribution is -2.37. The van der Waals surface area contributed by atoms with Gasteiger partial charge < -0.3 is 11.1 Å². The molecule has 0 aliphatic rings. The minimum atomic E-state index is -0.159. The summed E-state index contributed by atoms with van der Waals surface area (Å²) >= 11 is 0. The second kappa shape index (κ2) is 5.95. The van der Waals surface area contributed by atoms with Crippen LogP contribution in [-0.4, -0.2) is 27.2 Å². The lowest BCUT2D eigenvalue weighted by atomic mass is 9.84. The monoisotopic (exact) mass is 253 g/mol. The van der Waals surface area contributed by atoms with E-state index < -0.39 is 0 Å². The van der Waals surface area contributed by atoms with E-state index in [1.807, 2.05) is 0 Å². The molecule has 18 heavy (non-hydrogen) atoms. The average molecular weight is 253 g/mol. The molecule has 0 aliphatic heterocycles. The lowest BCUT2D eigenvalue weighted by molar-refractivity contribution is -0.125. The highest BCUT2D eigenvalue weighted by Gasteiger charge is 2.23. The zero-order chi connectivity index (χ0) is 13.8. The first kappa shape index (κ1) is 14.6. The molecule has 0 saturated carbocycles. The van der Waals surface area contributed by atoms with Crippen molar-refractivity contribution in [3.05, 3.63) is 12.2 Å². The molecule has 3 N–H and O–H groups in total. The van der Waals surface area contributed by atoms with Crippen molar-refractivity contribution in [2.45, 2.75) is 33.7 Å². The molecule has 1 unspecified atom stereocenters. The molecule has 1 amide bonds. The Morgan fingerprint density at radius 2 is 2.22 bits per heavy atom. The SMILES string of the molecule is Cn1cnc(CNC(=O)C(CN)CC(C)(C)C)n1. The van der Waals surface area contributed by atoms with Crippen molar-refractivity contribution in [1.29, 1.82) is 0 Å². The van der Waals surface area contributed by atoms with Gasteiger partial charge in [0.05, 0.1) is 12.5 Å². The van der Waals surface area contributed by atoms with Crippen molar-refractivity contribution in [3.63, 3.8) is 0 Å². The number of carbonyl (C=O) groups is 1. The van der Waals surface area contributed by atoms with E-state index in [0.717, 1.165) is 6.42 Å². The number of aromatic nitrogens is 3. The maximum atomic E-state index is 12.0. The molecule has 0 saturated heterocycles. The van der Waals surface area contributed by atoms with Crippen LogP contribution < -0.4 is 11.1 Å². The highest BCUT2D eigenvalue weighted by Crippen LogP contribution is 2.23. The first-order valence-corrected chi connectivity index (χ1v) is 6.14. The number of aryl methyl sites for hydroxylation is 1. The number of amides is 1. The van der Waals surface area contributed by atoms with Crippen LogP contribution in [0.1, 0.15) is 33.0 Å². The van der Waals surface area contributed by atoms with Crippen molar-refractivity contribution in [2.75, 3.05) is 6.54 Å². The first-order chi connectivity index (χ1) is 8.31. The van der Waals surface area contributed by atoms with E-state index in [1.165, 1.54) is 0 Å². The van der Waals surface area contributed by atoms with E-state index >= 15 is 0 Å². The van der Waals surface area contributed by atoms with Crippen molar-refractivity contribution >= 4 is 5.91 Å². The average Bonchev–Trinajstić information content (AvgIpc) is 2.67. The molecule has 1 atom stereocenters. The van der Waals surface area contributed by atoms with Crippen molar-refractivity contribution in [2.24, 2.45) is 24.1 Å². The quantitative estimate of drug-likeness (QED) is 0.797. The Hall–Kier alpha value is -1.43. The summed E-state index contributed by atoms with van der Waals surface area (Å²) in [7, 11) is 1.79. The second-order valence-electron chi connectivity index (χ2n) is 5.75. The van der Waals surface area contributed by atoms with Gasteiger partial charge in [-0.2, -0.15) is 5.10 Å². The van der Waals surface area contributed by atoms with Gasteiger partial charge in [0.25, 0.3) is 0 Å². The molecule has 0 fully saturated rings. The lowest BCUT2D eigenvalue weighted by Gasteiger charge is -2.24. The molecule has 0 bridgehead atoms. The number of nitrogens with one attached hydrogen (secondary N) is 1. The van der Waals surface area contributed by atoms with Gasteiger partial charge in [0.15, 0.2) is 5.82 Å². The summed E-state index contributed by atoms with van der Waals surface area (Å²) in [5.74, 6) is 0.422. The predicted molar refractivity (Wildman–Crippen MR) is 69.5 cm³/mol. The molecular formula is C12H23N5O. The molecule has 1 heterocycles. The van der Waals surface area contributed by atoms with Crippen LogP contribution in [0.5, 0.6) is 0 Å². The van der Waals surface area contributed by atoms with E-state index in [2.05, 4.69) is 36.2 Å². The van der Waals surface area contributed by atoms with Gasteiger partial charge in [0, 0.05) is 13.6 Å². The molecule has 102 valence electrons. The van der Waals surface area contributed by atoms with Gasteiger partial charge in [-0.25, -0.2) is 4.98 Å². The summed E-state index contributed by atoms with van der Waals surface area (Å²) in [6.45, 7) is 7.01. The Bertz CT molecular complexity index is 393. The summed E-state index contributed by atoms with van der Waals surface area (Å²) in [4.78, 5) is 16.0. The van der Waals surface area contributed by atoms with Crippen LogP contribution in [-0.2, 0) is 18.4 Å². The summed E-state index contributed by atoms with van der Waals surface area (Å²) in [6, 6.07) is 0. The molecule has 1 aromatic heterocycles. The van der Waals surface area contributed by atoms with Gasteiger partial charge in [-0.05, 0) is 11.8 Å². The van der Waals surface area contributed by atoms with Crippen LogP contribution in [0.2, 0.25) is 0 Å². The minimum Gasteiger partial charge on any atom is -0.348 e. The second-order valence-corrected chi connectivity index (χ2v) is 5.75. The normalized spacial score (nSPS) is 13.4. The number of nitrogens with two attached hydrogens (primary N) is 1. The first-order valence-electron chi connectivity index (χ1n) is 6.14. The molecule has 6 nitrogen and oxygen atoms in total. The fourth-order valence-electron chi connectivity index (χ4n) is 1.80. The Morgan fingerprint density at radius 1 is 1.56 bits per heavy atom. The fourth-order valence-corrected chi connectivity index (χ4v) is 1.80. The number of hydrogen-bond acceptors (Lipinski definition) is 4. The Morgan fingerprint density at radius 3 is 2.67 bits per heavy atom. The molecule has 0 aromatic carbocycles. The molecule has 0 aliphatic carbocycles. The van der Waals surface area contributed by atoms with Crippen LogP contribution in [0.25, 0.3) is 0 Å². The highest BCUT2D eigenvalue weighted by molar-refractivity contribution is 5.78. The number of nitrogens with zero attached hydrogens (tertiary/aromatic N) is 3. The van der Waals surface area contributed by atoms with Crippen molar-refractivity contribution in [1.82, 2.24) is 20.1 Å². The van der Waals surface area contributed by atoms with Gasteiger partial charge >= 0.3 is 0 Å². The van der Waals surface area contributed by atoms with Crippen LogP contribution in [0.4, 0.5) is 0 Å².